The van der Waals surface area contributed by atoms with E-state index in [1.54, 1.807) is 19.1 Å². The standard InChI is InChI=1S/C12H13NO2S/c1-4-7-16-9(3)11-6-5-10(12(14)15)8(2)13-11/h4-7H,3H2,1-2H3,(H,14,15)/b7-4-. The third kappa shape index (κ3) is 2.97. The topological polar surface area (TPSA) is 50.2 Å². The molecule has 1 aromatic heterocycles. The number of carboxylic acids is 1. The van der Waals surface area contributed by atoms with Crippen molar-refractivity contribution in [3.63, 3.8) is 0 Å². The molecule has 0 amide bonds. The largest absolute Gasteiger partial charge is 0.478 e. The van der Waals surface area contributed by atoms with Gasteiger partial charge >= 0.3 is 5.97 Å². The molecule has 0 fully saturated rings. The number of pyridine rings is 1. The van der Waals surface area contributed by atoms with Crippen LogP contribution in [0.15, 0.2) is 30.2 Å². The predicted molar refractivity (Wildman–Crippen MR) is 67.4 cm³/mol. The minimum Gasteiger partial charge on any atom is -0.478 e. The van der Waals surface area contributed by atoms with Crippen molar-refractivity contribution in [3.8, 4) is 0 Å². The number of aryl methyl sites for hydroxylation is 1. The van der Waals surface area contributed by atoms with Crippen molar-refractivity contribution in [1.82, 2.24) is 4.98 Å². The molecule has 1 N–H and O–H groups in total. The van der Waals surface area contributed by atoms with Crippen LogP contribution in [0.25, 0.3) is 4.91 Å². The molecule has 0 unspecified atom stereocenters. The molecule has 0 saturated heterocycles. The number of thioether (sulfide) groups is 1. The van der Waals surface area contributed by atoms with Crippen molar-refractivity contribution in [2.24, 2.45) is 0 Å². The Morgan fingerprint density at radius 2 is 2.25 bits per heavy atom. The molecular formula is C12H13NO2S. The first-order valence-corrected chi connectivity index (χ1v) is 5.62. The molecule has 0 aromatic carbocycles. The minimum atomic E-state index is -0.955. The number of hydrogen-bond acceptors (Lipinski definition) is 3. The van der Waals surface area contributed by atoms with E-state index >= 15 is 0 Å². The van der Waals surface area contributed by atoms with Crippen LogP contribution in [0.3, 0.4) is 0 Å². The summed E-state index contributed by atoms with van der Waals surface area (Å²) in [7, 11) is 0. The van der Waals surface area contributed by atoms with Crippen LogP contribution in [-0.2, 0) is 0 Å². The number of aromatic nitrogens is 1. The third-order valence-electron chi connectivity index (χ3n) is 1.95. The fraction of sp³-hybridized carbons (Fsp3) is 0.167. The van der Waals surface area contributed by atoms with Gasteiger partial charge in [0, 0.05) is 4.91 Å². The number of carboxylic acid groups (broad SMARTS) is 1. The number of aromatic carboxylic acids is 1. The molecule has 0 radical (unpaired) electrons. The van der Waals surface area contributed by atoms with Crippen molar-refractivity contribution in [3.05, 3.63) is 47.1 Å². The van der Waals surface area contributed by atoms with Crippen molar-refractivity contribution in [2.75, 3.05) is 0 Å². The van der Waals surface area contributed by atoms with Gasteiger partial charge in [-0.05, 0) is 31.4 Å². The Labute approximate surface area is 98.9 Å². The molecule has 0 atom stereocenters. The molecule has 1 aromatic rings. The Morgan fingerprint density at radius 3 is 2.75 bits per heavy atom. The first-order valence-electron chi connectivity index (χ1n) is 4.74. The lowest BCUT2D eigenvalue weighted by molar-refractivity contribution is 0.0695. The molecule has 0 spiro atoms. The maximum absolute atomic E-state index is 10.8. The average molecular weight is 235 g/mol. The SMILES string of the molecule is C=C(S/C=C\C)c1ccc(C(=O)O)c(C)n1. The zero-order valence-corrected chi connectivity index (χ0v) is 10.0. The molecule has 3 nitrogen and oxygen atoms in total. The van der Waals surface area contributed by atoms with E-state index in [0.29, 0.717) is 11.4 Å². The molecule has 4 heteroatoms. The smallest absolute Gasteiger partial charge is 0.337 e. The number of allylic oxidation sites excluding steroid dienone is 1. The highest BCUT2D eigenvalue weighted by atomic mass is 32.2. The van der Waals surface area contributed by atoms with Crippen molar-refractivity contribution >= 4 is 22.6 Å². The Morgan fingerprint density at radius 1 is 1.56 bits per heavy atom. The maximum Gasteiger partial charge on any atom is 0.337 e. The van der Waals surface area contributed by atoms with Gasteiger partial charge in [-0.15, -0.1) is 0 Å². The summed E-state index contributed by atoms with van der Waals surface area (Å²) < 4.78 is 0. The summed E-state index contributed by atoms with van der Waals surface area (Å²) >= 11 is 1.47. The zero-order chi connectivity index (χ0) is 12.1. The van der Waals surface area contributed by atoms with Gasteiger partial charge in [-0.1, -0.05) is 24.4 Å². The van der Waals surface area contributed by atoms with E-state index in [2.05, 4.69) is 11.6 Å². The predicted octanol–water partition coefficient (Wildman–Crippen LogP) is 3.33. The summed E-state index contributed by atoms with van der Waals surface area (Å²) in [5.41, 5.74) is 1.45. The molecule has 0 bridgehead atoms. The van der Waals surface area contributed by atoms with Gasteiger partial charge in [0.25, 0.3) is 0 Å². The second-order valence-electron chi connectivity index (χ2n) is 3.15. The van der Waals surface area contributed by atoms with Gasteiger partial charge in [0.05, 0.1) is 17.0 Å². The zero-order valence-electron chi connectivity index (χ0n) is 9.23. The number of carbonyl (C=O) groups is 1. The summed E-state index contributed by atoms with van der Waals surface area (Å²) in [5.74, 6) is -0.955. The summed E-state index contributed by atoms with van der Waals surface area (Å²) in [6.45, 7) is 7.48. The fourth-order valence-electron chi connectivity index (χ4n) is 1.15. The molecule has 16 heavy (non-hydrogen) atoms. The summed E-state index contributed by atoms with van der Waals surface area (Å²) in [4.78, 5) is 15.8. The van der Waals surface area contributed by atoms with Crippen LogP contribution < -0.4 is 0 Å². The molecular weight excluding hydrogens is 222 g/mol. The average Bonchev–Trinajstić information content (AvgIpc) is 2.25. The van der Waals surface area contributed by atoms with Gasteiger partial charge in [0.15, 0.2) is 0 Å². The molecule has 0 aliphatic carbocycles. The fourth-order valence-corrected chi connectivity index (χ4v) is 1.69. The molecule has 0 aliphatic heterocycles. The van der Waals surface area contributed by atoms with Crippen LogP contribution in [0, 0.1) is 6.92 Å². The lowest BCUT2D eigenvalue weighted by Gasteiger charge is -2.05. The van der Waals surface area contributed by atoms with Gasteiger partial charge in [-0.25, -0.2) is 4.79 Å². The molecule has 1 heterocycles. The Bertz CT molecular complexity index is 452. The second-order valence-corrected chi connectivity index (χ2v) is 4.15. The Balaban J connectivity index is 2.97. The van der Waals surface area contributed by atoms with Crippen LogP contribution in [-0.4, -0.2) is 16.1 Å². The van der Waals surface area contributed by atoms with Gasteiger partial charge in [-0.3, -0.25) is 4.98 Å². The summed E-state index contributed by atoms with van der Waals surface area (Å²) in [6.07, 6.45) is 1.91. The summed E-state index contributed by atoms with van der Waals surface area (Å²) in [5, 5.41) is 10.8. The number of nitrogens with zero attached hydrogens (tertiary/aromatic N) is 1. The van der Waals surface area contributed by atoms with Gasteiger partial charge < -0.3 is 5.11 Å². The second kappa shape index (κ2) is 5.51. The number of rotatable bonds is 4. The normalized spacial score (nSPS) is 10.6. The van der Waals surface area contributed by atoms with E-state index in [4.69, 9.17) is 5.11 Å². The Hall–Kier alpha value is -1.55. The quantitative estimate of drug-likeness (QED) is 0.869. The van der Waals surface area contributed by atoms with Crippen molar-refractivity contribution in [1.29, 1.82) is 0 Å². The van der Waals surface area contributed by atoms with Gasteiger partial charge in [-0.2, -0.15) is 0 Å². The highest BCUT2D eigenvalue weighted by Crippen LogP contribution is 2.25. The highest BCUT2D eigenvalue weighted by Gasteiger charge is 2.09. The molecule has 0 aliphatic rings. The molecule has 84 valence electrons. The minimum absolute atomic E-state index is 0.229. The van der Waals surface area contributed by atoms with Crippen LogP contribution in [0.5, 0.6) is 0 Å². The summed E-state index contributed by atoms with van der Waals surface area (Å²) in [6, 6.07) is 3.23. The monoisotopic (exact) mass is 235 g/mol. The maximum atomic E-state index is 10.8. The van der Waals surface area contributed by atoms with Gasteiger partial charge in [0.2, 0.25) is 0 Å². The highest BCUT2D eigenvalue weighted by molar-refractivity contribution is 8.10. The lowest BCUT2D eigenvalue weighted by Crippen LogP contribution is -2.02. The number of hydrogen-bond donors (Lipinski definition) is 1. The van der Waals surface area contributed by atoms with E-state index in [0.717, 1.165) is 4.91 Å². The lowest BCUT2D eigenvalue weighted by atomic mass is 10.2. The first kappa shape index (κ1) is 12.5. The van der Waals surface area contributed by atoms with Crippen LogP contribution in [0.2, 0.25) is 0 Å². The Kier molecular flexibility index (Phi) is 4.31. The first-order chi connectivity index (χ1) is 7.56. The van der Waals surface area contributed by atoms with Crippen LogP contribution in [0.4, 0.5) is 0 Å². The van der Waals surface area contributed by atoms with Crippen molar-refractivity contribution < 1.29 is 9.90 Å². The van der Waals surface area contributed by atoms with Crippen LogP contribution >= 0.6 is 11.8 Å². The van der Waals surface area contributed by atoms with E-state index in [1.165, 1.54) is 11.8 Å². The molecule has 0 saturated carbocycles. The molecule has 1 rings (SSSR count). The van der Waals surface area contributed by atoms with E-state index < -0.39 is 5.97 Å². The van der Waals surface area contributed by atoms with Gasteiger partial charge in [0.1, 0.15) is 0 Å². The van der Waals surface area contributed by atoms with Crippen LogP contribution in [0.1, 0.15) is 28.7 Å². The third-order valence-corrected chi connectivity index (χ3v) is 2.85. The van der Waals surface area contributed by atoms with Crippen molar-refractivity contribution in [2.45, 2.75) is 13.8 Å². The van der Waals surface area contributed by atoms with E-state index in [1.807, 2.05) is 18.4 Å². The van der Waals surface area contributed by atoms with E-state index in [-0.39, 0.29) is 5.56 Å². The van der Waals surface area contributed by atoms with E-state index in [9.17, 15) is 4.79 Å².